The second kappa shape index (κ2) is 6.77. The number of hydrogen-bond acceptors (Lipinski definition) is 3. The van der Waals surface area contributed by atoms with Crippen LogP contribution in [0.5, 0.6) is 0 Å². The summed E-state index contributed by atoms with van der Waals surface area (Å²) >= 11 is 6.47. The van der Waals surface area contributed by atoms with E-state index in [0.29, 0.717) is 17.9 Å². The third-order valence-electron chi connectivity index (χ3n) is 4.33. The molecule has 0 spiro atoms. The number of aromatic nitrogens is 1. The highest BCUT2D eigenvalue weighted by molar-refractivity contribution is 6.33. The van der Waals surface area contributed by atoms with Crippen molar-refractivity contribution >= 4 is 17.4 Å². The van der Waals surface area contributed by atoms with Gasteiger partial charge in [0.25, 0.3) is 0 Å². The highest BCUT2D eigenvalue weighted by atomic mass is 35.5. The van der Waals surface area contributed by atoms with E-state index in [1.165, 1.54) is 6.42 Å². The van der Waals surface area contributed by atoms with Gasteiger partial charge in [0.15, 0.2) is 0 Å². The molecule has 0 amide bonds. The molecular formula is C16H26ClN3. The van der Waals surface area contributed by atoms with Crippen LogP contribution < -0.4 is 10.2 Å². The lowest BCUT2D eigenvalue weighted by molar-refractivity contribution is 0.295. The average molecular weight is 296 g/mol. The zero-order chi connectivity index (χ0) is 14.7. The van der Waals surface area contributed by atoms with Gasteiger partial charge in [0, 0.05) is 25.3 Å². The number of rotatable bonds is 4. The lowest BCUT2D eigenvalue weighted by Crippen LogP contribution is -2.46. The molecular weight excluding hydrogens is 270 g/mol. The van der Waals surface area contributed by atoms with Crippen LogP contribution in [0.4, 0.5) is 5.82 Å². The number of pyridine rings is 1. The van der Waals surface area contributed by atoms with Gasteiger partial charge in [-0.2, -0.15) is 0 Å². The monoisotopic (exact) mass is 295 g/mol. The minimum atomic E-state index is 0.496. The van der Waals surface area contributed by atoms with Crippen molar-refractivity contribution in [2.75, 3.05) is 18.0 Å². The fourth-order valence-electron chi connectivity index (χ4n) is 3.04. The summed E-state index contributed by atoms with van der Waals surface area (Å²) in [6.45, 7) is 11.8. The Morgan fingerprint density at radius 2 is 2.15 bits per heavy atom. The third-order valence-corrected chi connectivity index (χ3v) is 4.61. The average Bonchev–Trinajstić information content (AvgIpc) is 2.41. The molecule has 1 N–H and O–H groups in total. The number of nitrogens with one attached hydrogen (secondary N) is 1. The lowest BCUT2D eigenvalue weighted by atomic mass is 9.86. The first-order chi connectivity index (χ1) is 9.52. The van der Waals surface area contributed by atoms with Gasteiger partial charge in [-0.1, -0.05) is 32.4 Å². The first kappa shape index (κ1) is 15.6. The molecule has 4 heteroatoms. The van der Waals surface area contributed by atoms with Gasteiger partial charge in [-0.15, -0.1) is 0 Å². The van der Waals surface area contributed by atoms with Crippen LogP contribution in [-0.2, 0) is 6.54 Å². The Morgan fingerprint density at radius 3 is 2.80 bits per heavy atom. The fraction of sp³-hybridized carbons (Fsp3) is 0.688. The van der Waals surface area contributed by atoms with Gasteiger partial charge in [0.2, 0.25) is 0 Å². The standard InChI is InChI=1S/C16H26ClN3/c1-5-18-8-14-7-15(17)16(19-9-14)20-10-11(2)6-12(3)13(20)4/h7,9,11-13,18H,5-6,8,10H2,1-4H3. The molecule has 3 unspecified atom stereocenters. The summed E-state index contributed by atoms with van der Waals surface area (Å²) in [7, 11) is 0. The normalized spacial score (nSPS) is 26.9. The van der Waals surface area contributed by atoms with Crippen LogP contribution in [0.25, 0.3) is 0 Å². The van der Waals surface area contributed by atoms with Gasteiger partial charge in [0.05, 0.1) is 5.02 Å². The first-order valence-electron chi connectivity index (χ1n) is 7.64. The van der Waals surface area contributed by atoms with Crippen molar-refractivity contribution in [1.82, 2.24) is 10.3 Å². The van der Waals surface area contributed by atoms with Crippen LogP contribution in [-0.4, -0.2) is 24.1 Å². The van der Waals surface area contributed by atoms with Gasteiger partial charge in [-0.3, -0.25) is 0 Å². The van der Waals surface area contributed by atoms with E-state index in [1.807, 2.05) is 12.3 Å². The van der Waals surface area contributed by atoms with E-state index < -0.39 is 0 Å². The molecule has 3 atom stereocenters. The van der Waals surface area contributed by atoms with Crippen molar-refractivity contribution in [1.29, 1.82) is 0 Å². The molecule has 1 aliphatic rings. The Kier molecular flexibility index (Phi) is 5.28. The molecule has 20 heavy (non-hydrogen) atoms. The van der Waals surface area contributed by atoms with Crippen LogP contribution in [0.1, 0.15) is 39.7 Å². The number of hydrogen-bond donors (Lipinski definition) is 1. The number of piperidine rings is 1. The molecule has 3 nitrogen and oxygen atoms in total. The molecule has 0 aliphatic carbocycles. The Bertz CT molecular complexity index is 449. The zero-order valence-electron chi connectivity index (χ0n) is 13.0. The molecule has 0 bridgehead atoms. The second-order valence-electron chi connectivity index (χ2n) is 6.14. The fourth-order valence-corrected chi connectivity index (χ4v) is 3.34. The second-order valence-corrected chi connectivity index (χ2v) is 6.55. The Balaban J connectivity index is 2.19. The van der Waals surface area contributed by atoms with Gasteiger partial charge in [0.1, 0.15) is 5.82 Å². The number of anilines is 1. The molecule has 0 radical (unpaired) electrons. The predicted molar refractivity (Wildman–Crippen MR) is 86.4 cm³/mol. The van der Waals surface area contributed by atoms with E-state index in [4.69, 9.17) is 11.6 Å². The molecule has 1 aromatic rings. The SMILES string of the molecule is CCNCc1cnc(N2CC(C)CC(C)C2C)c(Cl)c1. The molecule has 2 rings (SSSR count). The Hall–Kier alpha value is -0.800. The van der Waals surface area contributed by atoms with Crippen LogP contribution in [0.15, 0.2) is 12.3 Å². The lowest BCUT2D eigenvalue weighted by Gasteiger charge is -2.42. The van der Waals surface area contributed by atoms with E-state index in [1.54, 1.807) is 0 Å². The molecule has 0 aromatic carbocycles. The van der Waals surface area contributed by atoms with Crippen molar-refractivity contribution in [2.24, 2.45) is 11.8 Å². The van der Waals surface area contributed by atoms with Crippen molar-refractivity contribution in [3.63, 3.8) is 0 Å². The Morgan fingerprint density at radius 1 is 1.40 bits per heavy atom. The zero-order valence-corrected chi connectivity index (χ0v) is 13.7. The van der Waals surface area contributed by atoms with Crippen molar-refractivity contribution in [3.8, 4) is 0 Å². The molecule has 112 valence electrons. The molecule has 2 heterocycles. The smallest absolute Gasteiger partial charge is 0.147 e. The van der Waals surface area contributed by atoms with Crippen LogP contribution >= 0.6 is 11.6 Å². The maximum atomic E-state index is 6.47. The van der Waals surface area contributed by atoms with Crippen LogP contribution in [0.3, 0.4) is 0 Å². The highest BCUT2D eigenvalue weighted by Gasteiger charge is 2.30. The molecule has 1 saturated heterocycles. The summed E-state index contributed by atoms with van der Waals surface area (Å²) in [5, 5.41) is 4.07. The summed E-state index contributed by atoms with van der Waals surface area (Å²) in [6.07, 6.45) is 3.23. The topological polar surface area (TPSA) is 28.2 Å². The summed E-state index contributed by atoms with van der Waals surface area (Å²) in [5.41, 5.74) is 1.14. The van der Waals surface area contributed by atoms with E-state index in [0.717, 1.165) is 36.0 Å². The van der Waals surface area contributed by atoms with Crippen molar-refractivity contribution < 1.29 is 0 Å². The van der Waals surface area contributed by atoms with Crippen LogP contribution in [0, 0.1) is 11.8 Å². The quantitative estimate of drug-likeness (QED) is 0.918. The Labute approximate surface area is 127 Å². The maximum absolute atomic E-state index is 6.47. The van der Waals surface area contributed by atoms with Gasteiger partial charge in [-0.25, -0.2) is 4.98 Å². The third kappa shape index (κ3) is 3.44. The summed E-state index contributed by atoms with van der Waals surface area (Å²) in [4.78, 5) is 7.00. The van der Waals surface area contributed by atoms with E-state index in [9.17, 15) is 0 Å². The first-order valence-corrected chi connectivity index (χ1v) is 8.02. The van der Waals surface area contributed by atoms with E-state index in [2.05, 4.69) is 42.9 Å². The largest absolute Gasteiger partial charge is 0.352 e. The van der Waals surface area contributed by atoms with E-state index in [-0.39, 0.29) is 0 Å². The number of nitrogens with zero attached hydrogens (tertiary/aromatic N) is 2. The summed E-state index contributed by atoms with van der Waals surface area (Å²) in [6, 6.07) is 2.54. The highest BCUT2D eigenvalue weighted by Crippen LogP contribution is 2.34. The minimum Gasteiger partial charge on any atom is -0.352 e. The molecule has 1 fully saturated rings. The van der Waals surface area contributed by atoms with Crippen LogP contribution in [0.2, 0.25) is 5.02 Å². The van der Waals surface area contributed by atoms with E-state index >= 15 is 0 Å². The van der Waals surface area contributed by atoms with Crippen molar-refractivity contribution in [3.05, 3.63) is 22.8 Å². The molecule has 1 aromatic heterocycles. The molecule has 0 saturated carbocycles. The van der Waals surface area contributed by atoms with Crippen molar-refractivity contribution in [2.45, 2.75) is 46.7 Å². The maximum Gasteiger partial charge on any atom is 0.147 e. The van der Waals surface area contributed by atoms with Gasteiger partial charge < -0.3 is 10.2 Å². The summed E-state index contributed by atoms with van der Waals surface area (Å²) < 4.78 is 0. The van der Waals surface area contributed by atoms with Gasteiger partial charge in [-0.05, 0) is 43.4 Å². The molecule has 1 aliphatic heterocycles. The summed E-state index contributed by atoms with van der Waals surface area (Å²) in [5.74, 6) is 2.32. The predicted octanol–water partition coefficient (Wildman–Crippen LogP) is 3.72. The minimum absolute atomic E-state index is 0.496. The van der Waals surface area contributed by atoms with Gasteiger partial charge >= 0.3 is 0 Å². The number of halogens is 1.